The van der Waals surface area contributed by atoms with Crippen molar-refractivity contribution >= 4 is 16.9 Å². The minimum absolute atomic E-state index is 0.118. The van der Waals surface area contributed by atoms with Crippen LogP contribution >= 0.6 is 0 Å². The summed E-state index contributed by atoms with van der Waals surface area (Å²) in [4.78, 5) is 8.58. The molecular weight excluding hydrogens is 300 g/mol. The van der Waals surface area contributed by atoms with E-state index in [0.29, 0.717) is 0 Å². The number of anilines is 1. The van der Waals surface area contributed by atoms with Gasteiger partial charge in [-0.05, 0) is 19.9 Å². The van der Waals surface area contributed by atoms with Crippen molar-refractivity contribution in [2.45, 2.75) is 44.2 Å². The Bertz CT molecular complexity index is 731. The van der Waals surface area contributed by atoms with Gasteiger partial charge < -0.3 is 29.2 Å². The molecule has 23 heavy (non-hydrogen) atoms. The topological polar surface area (TPSA) is 90.7 Å². The highest BCUT2D eigenvalue weighted by Gasteiger charge is 2.55. The number of nitrogens with one attached hydrogen (secondary N) is 1. The average molecular weight is 320 g/mol. The second-order valence-corrected chi connectivity index (χ2v) is 6.25. The highest BCUT2D eigenvalue weighted by Crippen LogP contribution is 2.43. The van der Waals surface area contributed by atoms with Crippen LogP contribution in [0.25, 0.3) is 11.0 Å². The van der Waals surface area contributed by atoms with E-state index in [1.165, 1.54) is 6.33 Å². The monoisotopic (exact) mass is 320 g/mol. The number of rotatable bonds is 3. The number of hydrogen-bond donors (Lipinski definition) is 2. The van der Waals surface area contributed by atoms with E-state index in [1.54, 1.807) is 0 Å². The van der Waals surface area contributed by atoms with Gasteiger partial charge in [-0.15, -0.1) is 0 Å². The zero-order chi connectivity index (χ0) is 16.2. The molecule has 0 amide bonds. The quantitative estimate of drug-likeness (QED) is 0.867. The first kappa shape index (κ1) is 14.8. The molecule has 0 bridgehead atoms. The first-order valence-corrected chi connectivity index (χ1v) is 7.65. The molecule has 2 saturated heterocycles. The fourth-order valence-corrected chi connectivity index (χ4v) is 3.41. The van der Waals surface area contributed by atoms with Crippen LogP contribution in [0.3, 0.4) is 0 Å². The molecule has 0 aliphatic carbocycles. The van der Waals surface area contributed by atoms with Crippen LogP contribution in [0.1, 0.15) is 20.1 Å². The smallest absolute Gasteiger partial charge is 0.164 e. The Morgan fingerprint density at radius 3 is 2.83 bits per heavy atom. The summed E-state index contributed by atoms with van der Waals surface area (Å²) >= 11 is 0. The molecule has 2 aromatic rings. The normalized spacial score (nSPS) is 32.3. The van der Waals surface area contributed by atoms with Gasteiger partial charge in [0.05, 0.1) is 12.0 Å². The third-order valence-electron chi connectivity index (χ3n) is 4.33. The van der Waals surface area contributed by atoms with Gasteiger partial charge in [-0.2, -0.15) is 0 Å². The second-order valence-electron chi connectivity index (χ2n) is 6.25. The Kier molecular flexibility index (Phi) is 3.31. The van der Waals surface area contributed by atoms with E-state index in [9.17, 15) is 5.11 Å². The summed E-state index contributed by atoms with van der Waals surface area (Å²) in [7, 11) is 1.82. The van der Waals surface area contributed by atoms with E-state index in [-0.39, 0.29) is 18.8 Å². The molecule has 2 N–H and O–H groups in total. The van der Waals surface area contributed by atoms with Crippen molar-refractivity contribution < 1.29 is 19.3 Å². The van der Waals surface area contributed by atoms with E-state index >= 15 is 0 Å². The van der Waals surface area contributed by atoms with Crippen molar-refractivity contribution in [2.24, 2.45) is 0 Å². The summed E-state index contributed by atoms with van der Waals surface area (Å²) in [6, 6.07) is 1.94. The van der Waals surface area contributed by atoms with Crippen molar-refractivity contribution in [1.29, 1.82) is 0 Å². The summed E-state index contributed by atoms with van der Waals surface area (Å²) in [5.74, 6) is 0.0599. The van der Waals surface area contributed by atoms with Crippen molar-refractivity contribution in [3.63, 3.8) is 0 Å². The third-order valence-corrected chi connectivity index (χ3v) is 4.33. The van der Waals surface area contributed by atoms with Crippen molar-refractivity contribution in [1.82, 2.24) is 14.5 Å². The number of aliphatic hydroxyl groups excluding tert-OH is 1. The molecule has 2 aliphatic heterocycles. The van der Waals surface area contributed by atoms with Gasteiger partial charge in [0.2, 0.25) is 0 Å². The lowest BCUT2D eigenvalue weighted by Gasteiger charge is -2.24. The van der Waals surface area contributed by atoms with Crippen LogP contribution in [0.5, 0.6) is 0 Å². The standard InChI is InChI=1S/C15H20N4O4/c1-15(2)22-10-9(6-20)21-14(11(10)23-15)19-5-4-8-12(16-3)17-7-18-13(8)19/h4-5,7,9-11,14,20H,6H2,1-3H3,(H,16,17,18)/t9?,10-,11-,14-/m1/s1. The third kappa shape index (κ3) is 2.21. The summed E-state index contributed by atoms with van der Waals surface area (Å²) in [5, 5.41) is 13.5. The Morgan fingerprint density at radius 2 is 2.09 bits per heavy atom. The number of aliphatic hydroxyl groups is 1. The number of nitrogens with zero attached hydrogens (tertiary/aromatic N) is 3. The van der Waals surface area contributed by atoms with Crippen LogP contribution in [-0.4, -0.2) is 57.4 Å². The summed E-state index contributed by atoms with van der Waals surface area (Å²) in [6.45, 7) is 3.62. The Morgan fingerprint density at radius 1 is 1.30 bits per heavy atom. The zero-order valence-corrected chi connectivity index (χ0v) is 13.3. The molecule has 2 aromatic heterocycles. The zero-order valence-electron chi connectivity index (χ0n) is 13.3. The Balaban J connectivity index is 1.76. The van der Waals surface area contributed by atoms with Crippen molar-refractivity contribution in [3.05, 3.63) is 18.6 Å². The van der Waals surface area contributed by atoms with Gasteiger partial charge in [0.1, 0.15) is 36.1 Å². The first-order valence-electron chi connectivity index (χ1n) is 7.65. The molecule has 124 valence electrons. The van der Waals surface area contributed by atoms with Crippen LogP contribution < -0.4 is 5.32 Å². The minimum atomic E-state index is -0.696. The van der Waals surface area contributed by atoms with Gasteiger partial charge in [0, 0.05) is 13.2 Å². The van der Waals surface area contributed by atoms with E-state index in [1.807, 2.05) is 37.7 Å². The predicted octanol–water partition coefficient (Wildman–Crippen LogP) is 0.883. The minimum Gasteiger partial charge on any atom is -0.394 e. The molecule has 0 saturated carbocycles. The van der Waals surface area contributed by atoms with E-state index < -0.39 is 18.1 Å². The van der Waals surface area contributed by atoms with Crippen molar-refractivity contribution in [2.75, 3.05) is 19.0 Å². The van der Waals surface area contributed by atoms with Crippen LogP contribution in [0.2, 0.25) is 0 Å². The summed E-state index contributed by atoms with van der Waals surface area (Å²) in [6.07, 6.45) is 1.98. The molecule has 0 spiro atoms. The number of hydrogen-bond acceptors (Lipinski definition) is 7. The van der Waals surface area contributed by atoms with Crippen LogP contribution in [0.15, 0.2) is 18.6 Å². The second kappa shape index (κ2) is 5.13. The molecule has 2 fully saturated rings. The lowest BCUT2D eigenvalue weighted by atomic mass is 10.1. The molecule has 0 radical (unpaired) electrons. The Labute approximate surface area is 133 Å². The van der Waals surface area contributed by atoms with Gasteiger partial charge in [-0.25, -0.2) is 9.97 Å². The molecule has 8 nitrogen and oxygen atoms in total. The lowest BCUT2D eigenvalue weighted by molar-refractivity contribution is -0.199. The van der Waals surface area contributed by atoms with Crippen LogP contribution in [0, 0.1) is 0 Å². The summed E-state index contributed by atoms with van der Waals surface area (Å²) < 4.78 is 19.8. The molecular formula is C15H20N4O4. The molecule has 4 rings (SSSR count). The maximum Gasteiger partial charge on any atom is 0.164 e. The molecule has 8 heteroatoms. The van der Waals surface area contributed by atoms with Gasteiger partial charge in [-0.1, -0.05) is 0 Å². The van der Waals surface area contributed by atoms with E-state index in [0.717, 1.165) is 16.9 Å². The van der Waals surface area contributed by atoms with Gasteiger partial charge in [-0.3, -0.25) is 0 Å². The van der Waals surface area contributed by atoms with Crippen LogP contribution in [0.4, 0.5) is 5.82 Å². The average Bonchev–Trinajstić information content (AvgIpc) is 3.17. The van der Waals surface area contributed by atoms with E-state index in [4.69, 9.17) is 14.2 Å². The van der Waals surface area contributed by atoms with Crippen LogP contribution in [-0.2, 0) is 14.2 Å². The number of aromatic nitrogens is 3. The van der Waals surface area contributed by atoms with Gasteiger partial charge >= 0.3 is 0 Å². The highest BCUT2D eigenvalue weighted by molar-refractivity contribution is 5.87. The number of fused-ring (bicyclic) bond motifs is 2. The SMILES string of the molecule is CNc1ncnc2c1ccn2[C@@H]1OC(CO)[C@H]2OC(C)(C)O[C@H]21. The largest absolute Gasteiger partial charge is 0.394 e. The molecule has 0 aromatic carbocycles. The molecule has 2 aliphatic rings. The van der Waals surface area contributed by atoms with E-state index in [2.05, 4.69) is 15.3 Å². The molecule has 4 heterocycles. The fraction of sp³-hybridized carbons (Fsp3) is 0.600. The first-order chi connectivity index (χ1) is 11.0. The fourth-order valence-electron chi connectivity index (χ4n) is 3.41. The maximum atomic E-state index is 9.59. The molecule has 4 atom stereocenters. The van der Waals surface area contributed by atoms with Crippen molar-refractivity contribution in [3.8, 4) is 0 Å². The van der Waals surface area contributed by atoms with Gasteiger partial charge in [0.25, 0.3) is 0 Å². The number of ether oxygens (including phenoxy) is 3. The van der Waals surface area contributed by atoms with Gasteiger partial charge in [0.15, 0.2) is 12.0 Å². The maximum absolute atomic E-state index is 9.59. The lowest BCUT2D eigenvalue weighted by Crippen LogP contribution is -2.31. The predicted molar refractivity (Wildman–Crippen MR) is 81.9 cm³/mol. The summed E-state index contributed by atoms with van der Waals surface area (Å²) in [5.41, 5.74) is 0.750. The Hall–Kier alpha value is -1.74. The molecule has 1 unspecified atom stereocenters. The highest BCUT2D eigenvalue weighted by atomic mass is 16.8.